The van der Waals surface area contributed by atoms with Crippen LogP contribution in [0.15, 0.2) is 43.0 Å². The summed E-state index contributed by atoms with van der Waals surface area (Å²) < 4.78 is 6.15. The minimum Gasteiger partial charge on any atom is -0.457 e. The van der Waals surface area contributed by atoms with Crippen molar-refractivity contribution in [1.29, 1.82) is 0 Å². The van der Waals surface area contributed by atoms with Crippen LogP contribution in [0.5, 0.6) is 0 Å². The van der Waals surface area contributed by atoms with Crippen LogP contribution in [0.3, 0.4) is 0 Å². The van der Waals surface area contributed by atoms with Crippen LogP contribution < -0.4 is 0 Å². The van der Waals surface area contributed by atoms with E-state index in [1.165, 1.54) is 24.5 Å². The number of ether oxygens (including phenoxy) is 1. The second kappa shape index (κ2) is 9.35. The molecule has 0 fully saturated rings. The molecular weight excluding hydrogens is 262 g/mol. The summed E-state index contributed by atoms with van der Waals surface area (Å²) in [4.78, 5) is 11.2. The van der Waals surface area contributed by atoms with E-state index in [1.54, 1.807) is 0 Å². The average molecular weight is 290 g/mol. The first-order chi connectivity index (χ1) is 10.2. The van der Waals surface area contributed by atoms with E-state index in [0.29, 0.717) is 6.61 Å². The van der Waals surface area contributed by atoms with Gasteiger partial charge in [0.1, 0.15) is 19.7 Å². The van der Waals surface area contributed by atoms with Gasteiger partial charge in [-0.2, -0.15) is 0 Å². The molecule has 1 aromatic carbocycles. The van der Waals surface area contributed by atoms with Crippen LogP contribution in [0.2, 0.25) is 0 Å². The van der Waals surface area contributed by atoms with E-state index in [2.05, 4.69) is 44.7 Å². The number of carbonyl (C=O) groups is 1. The van der Waals surface area contributed by atoms with Crippen LogP contribution >= 0.6 is 0 Å². The summed E-state index contributed by atoms with van der Waals surface area (Å²) in [6, 6.07) is 10.5. The molecule has 0 radical (unpaired) electrons. The second-order valence-corrected chi connectivity index (χ2v) is 5.47. The fourth-order valence-electron chi connectivity index (χ4n) is 2.56. The molecule has 116 valence electrons. The minimum absolute atomic E-state index is 0.334. The van der Waals surface area contributed by atoms with Gasteiger partial charge in [0.2, 0.25) is 0 Å². The molecule has 1 unspecified atom stereocenters. The summed E-state index contributed by atoms with van der Waals surface area (Å²) in [6.07, 6.45) is 3.60. The van der Waals surface area contributed by atoms with Crippen molar-refractivity contribution >= 4 is 5.97 Å². The Morgan fingerprint density at radius 1 is 1.24 bits per heavy atom. The molecule has 0 aliphatic carbocycles. The molecule has 0 aromatic heterocycles. The van der Waals surface area contributed by atoms with Crippen molar-refractivity contribution in [3.8, 4) is 0 Å². The van der Waals surface area contributed by atoms with Gasteiger partial charge in [-0.15, -0.1) is 0 Å². The molecule has 0 heterocycles. The predicted octanol–water partition coefficient (Wildman–Crippen LogP) is 3.55. The van der Waals surface area contributed by atoms with Crippen molar-refractivity contribution in [3.05, 3.63) is 48.6 Å². The van der Waals surface area contributed by atoms with Gasteiger partial charge in [-0.1, -0.05) is 50.3 Å². The maximum atomic E-state index is 11.2. The van der Waals surface area contributed by atoms with E-state index in [4.69, 9.17) is 4.74 Å². The smallest absolute Gasteiger partial charge is 0.330 e. The lowest BCUT2D eigenvalue weighted by Gasteiger charge is -2.38. The Balaban J connectivity index is 2.72. The molecule has 0 saturated carbocycles. The second-order valence-electron chi connectivity index (χ2n) is 5.47. The van der Waals surface area contributed by atoms with E-state index < -0.39 is 0 Å². The normalized spacial score (nSPS) is 13.4. The van der Waals surface area contributed by atoms with Gasteiger partial charge in [0.05, 0.1) is 13.1 Å². The first-order valence-corrected chi connectivity index (χ1v) is 7.84. The summed E-state index contributed by atoms with van der Waals surface area (Å²) in [6.45, 7) is 12.3. The topological polar surface area (TPSA) is 26.3 Å². The summed E-state index contributed by atoms with van der Waals surface area (Å²) in [5.41, 5.74) is 1.34. The lowest BCUT2D eigenvalue weighted by Crippen LogP contribution is -2.50. The van der Waals surface area contributed by atoms with E-state index in [9.17, 15) is 4.79 Å². The molecule has 3 heteroatoms. The van der Waals surface area contributed by atoms with Crippen LogP contribution in [-0.4, -0.2) is 36.7 Å². The summed E-state index contributed by atoms with van der Waals surface area (Å²) in [7, 11) is 0. The number of unbranched alkanes of at least 4 members (excludes halogenated alkanes) is 1. The highest BCUT2D eigenvalue weighted by Crippen LogP contribution is 2.16. The molecule has 1 aromatic rings. The highest BCUT2D eigenvalue weighted by atomic mass is 16.5. The zero-order valence-electron chi connectivity index (χ0n) is 13.4. The third-order valence-corrected chi connectivity index (χ3v) is 3.99. The molecule has 1 atom stereocenters. The van der Waals surface area contributed by atoms with Crippen LogP contribution in [0.4, 0.5) is 0 Å². The van der Waals surface area contributed by atoms with E-state index in [-0.39, 0.29) is 5.97 Å². The highest BCUT2D eigenvalue weighted by Gasteiger charge is 2.25. The van der Waals surface area contributed by atoms with E-state index >= 15 is 0 Å². The van der Waals surface area contributed by atoms with Crippen molar-refractivity contribution < 1.29 is 14.0 Å². The maximum absolute atomic E-state index is 11.2. The van der Waals surface area contributed by atoms with Gasteiger partial charge in [-0.3, -0.25) is 0 Å². The van der Waals surface area contributed by atoms with Gasteiger partial charge in [0.15, 0.2) is 0 Å². The molecule has 0 aliphatic rings. The number of benzene rings is 1. The quantitative estimate of drug-likeness (QED) is 0.374. The first kappa shape index (κ1) is 17.4. The molecule has 0 spiro atoms. The number of carbonyl (C=O) groups excluding carboxylic acids is 1. The van der Waals surface area contributed by atoms with Crippen LogP contribution in [0.1, 0.15) is 32.3 Å². The van der Waals surface area contributed by atoms with Gasteiger partial charge >= 0.3 is 5.97 Å². The number of hydrogen-bond acceptors (Lipinski definition) is 2. The van der Waals surface area contributed by atoms with E-state index in [1.807, 2.05) is 6.07 Å². The van der Waals surface area contributed by atoms with Gasteiger partial charge in [-0.25, -0.2) is 4.79 Å². The minimum atomic E-state index is -0.334. The van der Waals surface area contributed by atoms with Gasteiger partial charge in [-0.05, 0) is 13.3 Å². The van der Waals surface area contributed by atoms with Crippen LogP contribution in [0.25, 0.3) is 0 Å². The standard InChI is InChI=1S/C18H28NO2/c1-4-7-13-19(6-3,14-15-21-18(20)5-2)16-17-11-9-8-10-12-17/h5,8-12H,2,4,6-7,13-16H2,1,3H3/q+1. The Kier molecular flexibility index (Phi) is 7.76. The number of likely N-dealkylation sites (N-methyl/N-ethyl adjacent to an activating group) is 1. The number of nitrogens with zero attached hydrogens (tertiary/aromatic N) is 1. The van der Waals surface area contributed by atoms with Gasteiger partial charge in [0, 0.05) is 11.6 Å². The summed E-state index contributed by atoms with van der Waals surface area (Å²) in [5.74, 6) is -0.334. The SMILES string of the molecule is C=CC(=O)OCC[N+](CC)(CCCC)Cc1ccccc1. The van der Waals surface area contributed by atoms with Crippen molar-refractivity contribution in [2.45, 2.75) is 33.2 Å². The fraction of sp³-hybridized carbons (Fsp3) is 0.500. The molecule has 0 amide bonds. The van der Waals surface area contributed by atoms with E-state index in [0.717, 1.165) is 30.7 Å². The summed E-state index contributed by atoms with van der Waals surface area (Å²) >= 11 is 0. The van der Waals surface area contributed by atoms with Crippen molar-refractivity contribution in [3.63, 3.8) is 0 Å². The van der Waals surface area contributed by atoms with Gasteiger partial charge in [0.25, 0.3) is 0 Å². The fourth-order valence-corrected chi connectivity index (χ4v) is 2.56. The Morgan fingerprint density at radius 3 is 2.52 bits per heavy atom. The number of rotatable bonds is 10. The predicted molar refractivity (Wildman–Crippen MR) is 86.7 cm³/mol. The molecule has 0 N–H and O–H groups in total. The largest absolute Gasteiger partial charge is 0.457 e. The Hall–Kier alpha value is -1.61. The first-order valence-electron chi connectivity index (χ1n) is 7.84. The molecule has 1 rings (SSSR count). The molecular formula is C18H28NO2+. The number of quaternary nitrogens is 1. The molecule has 0 bridgehead atoms. The monoisotopic (exact) mass is 290 g/mol. The van der Waals surface area contributed by atoms with Gasteiger partial charge < -0.3 is 9.22 Å². The zero-order valence-corrected chi connectivity index (χ0v) is 13.4. The Morgan fingerprint density at radius 2 is 1.95 bits per heavy atom. The van der Waals surface area contributed by atoms with Crippen molar-refractivity contribution in [1.82, 2.24) is 0 Å². The summed E-state index contributed by atoms with van der Waals surface area (Å²) in [5, 5.41) is 0. The average Bonchev–Trinajstić information content (AvgIpc) is 2.53. The molecule has 3 nitrogen and oxygen atoms in total. The van der Waals surface area contributed by atoms with Crippen molar-refractivity contribution in [2.24, 2.45) is 0 Å². The molecule has 21 heavy (non-hydrogen) atoms. The molecule has 0 saturated heterocycles. The number of esters is 1. The number of hydrogen-bond donors (Lipinski definition) is 0. The Bertz CT molecular complexity index is 430. The lowest BCUT2D eigenvalue weighted by atomic mass is 10.1. The zero-order chi connectivity index (χ0) is 15.6. The van der Waals surface area contributed by atoms with Crippen molar-refractivity contribution in [2.75, 3.05) is 26.2 Å². The Labute approximate surface area is 128 Å². The molecule has 0 aliphatic heterocycles. The van der Waals surface area contributed by atoms with Crippen LogP contribution in [0, 0.1) is 0 Å². The third kappa shape index (κ3) is 6.13. The lowest BCUT2D eigenvalue weighted by molar-refractivity contribution is -0.939. The third-order valence-electron chi connectivity index (χ3n) is 3.99. The maximum Gasteiger partial charge on any atom is 0.330 e. The van der Waals surface area contributed by atoms with Crippen LogP contribution in [-0.2, 0) is 16.1 Å². The highest BCUT2D eigenvalue weighted by molar-refractivity contribution is 5.81.